The lowest BCUT2D eigenvalue weighted by Gasteiger charge is -2.11. The average molecular weight is 289 g/mol. The molecule has 2 N–H and O–H groups in total. The van der Waals surface area contributed by atoms with E-state index in [0.29, 0.717) is 28.3 Å². The molecule has 3 rings (SSSR count). The Labute approximate surface area is 129 Å². The van der Waals surface area contributed by atoms with Crippen molar-refractivity contribution in [3.05, 3.63) is 90.0 Å². The van der Waals surface area contributed by atoms with Crippen molar-refractivity contribution in [2.75, 3.05) is 5.73 Å². The summed E-state index contributed by atoms with van der Waals surface area (Å²) >= 11 is 0. The minimum atomic E-state index is -0.148. The fourth-order valence-electron chi connectivity index (χ4n) is 2.21. The van der Waals surface area contributed by atoms with Crippen LogP contribution in [0.25, 0.3) is 0 Å². The number of nitrogens with two attached hydrogens (primary N) is 1. The largest absolute Gasteiger partial charge is 0.457 e. The van der Waals surface area contributed by atoms with Crippen LogP contribution in [0.1, 0.15) is 15.9 Å². The maximum Gasteiger partial charge on any atom is 0.198 e. The van der Waals surface area contributed by atoms with Crippen molar-refractivity contribution < 1.29 is 9.53 Å². The summed E-state index contributed by atoms with van der Waals surface area (Å²) in [6.07, 6.45) is 0. The van der Waals surface area contributed by atoms with Gasteiger partial charge < -0.3 is 10.5 Å². The van der Waals surface area contributed by atoms with Gasteiger partial charge in [-0.15, -0.1) is 0 Å². The minimum absolute atomic E-state index is 0.148. The third kappa shape index (κ3) is 2.83. The van der Waals surface area contributed by atoms with Crippen LogP contribution in [0.5, 0.6) is 11.5 Å². The molecule has 0 amide bonds. The molecule has 3 heteroatoms. The van der Waals surface area contributed by atoms with Crippen LogP contribution in [0.4, 0.5) is 5.69 Å². The number of rotatable bonds is 4. The minimum Gasteiger partial charge on any atom is -0.457 e. The van der Waals surface area contributed by atoms with Gasteiger partial charge in [-0.3, -0.25) is 4.79 Å². The predicted molar refractivity (Wildman–Crippen MR) is 87.2 cm³/mol. The Bertz CT molecular complexity index is 797. The number of carbonyl (C=O) groups is 1. The Morgan fingerprint density at radius 3 is 2.05 bits per heavy atom. The molecular formula is C19H15NO2. The number of hydrogen-bond donors (Lipinski definition) is 1. The SMILES string of the molecule is Nc1ccccc1C(=O)c1ccccc1Oc1ccccc1. The third-order valence-electron chi connectivity index (χ3n) is 3.31. The quantitative estimate of drug-likeness (QED) is 0.575. The van der Waals surface area contributed by atoms with E-state index in [-0.39, 0.29) is 5.78 Å². The van der Waals surface area contributed by atoms with Gasteiger partial charge in [-0.25, -0.2) is 0 Å². The molecule has 0 unspecified atom stereocenters. The molecule has 0 aliphatic heterocycles. The van der Waals surface area contributed by atoms with E-state index < -0.39 is 0 Å². The van der Waals surface area contributed by atoms with Gasteiger partial charge in [0, 0.05) is 11.3 Å². The summed E-state index contributed by atoms with van der Waals surface area (Å²) in [6, 6.07) is 23.6. The van der Waals surface area contributed by atoms with Gasteiger partial charge in [0.25, 0.3) is 0 Å². The van der Waals surface area contributed by atoms with Crippen LogP contribution in [0.3, 0.4) is 0 Å². The first-order valence-corrected chi connectivity index (χ1v) is 6.97. The normalized spacial score (nSPS) is 10.2. The van der Waals surface area contributed by atoms with E-state index in [2.05, 4.69) is 0 Å². The zero-order valence-corrected chi connectivity index (χ0v) is 11.9. The molecule has 0 saturated carbocycles. The van der Waals surface area contributed by atoms with E-state index >= 15 is 0 Å². The zero-order valence-electron chi connectivity index (χ0n) is 11.9. The van der Waals surface area contributed by atoms with Gasteiger partial charge in [0.1, 0.15) is 11.5 Å². The fraction of sp³-hybridized carbons (Fsp3) is 0. The van der Waals surface area contributed by atoms with Crippen molar-refractivity contribution >= 4 is 11.5 Å². The zero-order chi connectivity index (χ0) is 15.4. The Morgan fingerprint density at radius 2 is 1.32 bits per heavy atom. The summed E-state index contributed by atoms with van der Waals surface area (Å²) < 4.78 is 5.83. The van der Waals surface area contributed by atoms with Crippen LogP contribution >= 0.6 is 0 Å². The summed E-state index contributed by atoms with van der Waals surface area (Å²) in [5, 5.41) is 0. The van der Waals surface area contributed by atoms with Gasteiger partial charge in [0.05, 0.1) is 5.56 Å². The molecule has 0 aliphatic rings. The number of ketones is 1. The molecule has 0 saturated heterocycles. The fourth-order valence-corrected chi connectivity index (χ4v) is 2.21. The second kappa shape index (κ2) is 6.14. The molecule has 0 atom stereocenters. The van der Waals surface area contributed by atoms with E-state index in [1.165, 1.54) is 0 Å². The average Bonchev–Trinajstić information content (AvgIpc) is 2.56. The molecule has 0 fully saturated rings. The highest BCUT2D eigenvalue weighted by Crippen LogP contribution is 2.28. The number of benzene rings is 3. The lowest BCUT2D eigenvalue weighted by molar-refractivity contribution is 0.103. The first-order valence-electron chi connectivity index (χ1n) is 6.97. The first-order chi connectivity index (χ1) is 10.8. The molecule has 108 valence electrons. The summed E-state index contributed by atoms with van der Waals surface area (Å²) in [5.41, 5.74) is 7.33. The van der Waals surface area contributed by atoms with Gasteiger partial charge in [0.2, 0.25) is 0 Å². The number of anilines is 1. The van der Waals surface area contributed by atoms with E-state index in [1.807, 2.05) is 42.5 Å². The Hall–Kier alpha value is -3.07. The number of nitrogen functional groups attached to an aromatic ring is 1. The maximum absolute atomic E-state index is 12.7. The first kappa shape index (κ1) is 13.9. The van der Waals surface area contributed by atoms with Crippen molar-refractivity contribution in [2.24, 2.45) is 0 Å². The molecule has 0 bridgehead atoms. The Morgan fingerprint density at radius 1 is 0.727 bits per heavy atom. The molecule has 3 aromatic carbocycles. The van der Waals surface area contributed by atoms with Gasteiger partial charge >= 0.3 is 0 Å². The Kier molecular flexibility index (Phi) is 3.88. The highest BCUT2D eigenvalue weighted by atomic mass is 16.5. The monoisotopic (exact) mass is 289 g/mol. The molecule has 0 aliphatic carbocycles. The smallest absolute Gasteiger partial charge is 0.198 e. The van der Waals surface area contributed by atoms with Crippen molar-refractivity contribution in [3.8, 4) is 11.5 Å². The van der Waals surface area contributed by atoms with E-state index in [0.717, 1.165) is 0 Å². The molecule has 0 heterocycles. The van der Waals surface area contributed by atoms with Crippen LogP contribution in [0.2, 0.25) is 0 Å². The van der Waals surface area contributed by atoms with Crippen molar-refractivity contribution in [2.45, 2.75) is 0 Å². The molecule has 0 spiro atoms. The lowest BCUT2D eigenvalue weighted by atomic mass is 10.0. The number of hydrogen-bond acceptors (Lipinski definition) is 3. The molecular weight excluding hydrogens is 274 g/mol. The van der Waals surface area contributed by atoms with Gasteiger partial charge in [-0.1, -0.05) is 42.5 Å². The summed E-state index contributed by atoms with van der Waals surface area (Å²) in [4.78, 5) is 12.7. The molecule has 3 aromatic rings. The summed E-state index contributed by atoms with van der Waals surface area (Å²) in [7, 11) is 0. The summed E-state index contributed by atoms with van der Waals surface area (Å²) in [6.45, 7) is 0. The molecule has 22 heavy (non-hydrogen) atoms. The van der Waals surface area contributed by atoms with Gasteiger partial charge in [-0.05, 0) is 36.4 Å². The van der Waals surface area contributed by atoms with Gasteiger partial charge in [-0.2, -0.15) is 0 Å². The molecule has 3 nitrogen and oxygen atoms in total. The van der Waals surface area contributed by atoms with Crippen LogP contribution in [-0.4, -0.2) is 5.78 Å². The van der Waals surface area contributed by atoms with E-state index in [9.17, 15) is 4.79 Å². The second-order valence-electron chi connectivity index (χ2n) is 4.83. The highest BCUT2D eigenvalue weighted by molar-refractivity contribution is 6.13. The van der Waals surface area contributed by atoms with E-state index in [1.54, 1.807) is 36.4 Å². The third-order valence-corrected chi connectivity index (χ3v) is 3.31. The van der Waals surface area contributed by atoms with Crippen LogP contribution in [0, 0.1) is 0 Å². The molecule has 0 aromatic heterocycles. The van der Waals surface area contributed by atoms with Crippen molar-refractivity contribution in [3.63, 3.8) is 0 Å². The summed E-state index contributed by atoms with van der Waals surface area (Å²) in [5.74, 6) is 1.05. The van der Waals surface area contributed by atoms with Crippen LogP contribution < -0.4 is 10.5 Å². The van der Waals surface area contributed by atoms with Crippen molar-refractivity contribution in [1.29, 1.82) is 0 Å². The second-order valence-corrected chi connectivity index (χ2v) is 4.83. The highest BCUT2D eigenvalue weighted by Gasteiger charge is 2.16. The number of ether oxygens (including phenoxy) is 1. The maximum atomic E-state index is 12.7. The lowest BCUT2D eigenvalue weighted by Crippen LogP contribution is -2.06. The number of para-hydroxylation sites is 3. The molecule has 0 radical (unpaired) electrons. The van der Waals surface area contributed by atoms with Crippen LogP contribution in [-0.2, 0) is 0 Å². The van der Waals surface area contributed by atoms with Crippen molar-refractivity contribution in [1.82, 2.24) is 0 Å². The van der Waals surface area contributed by atoms with E-state index in [4.69, 9.17) is 10.5 Å². The van der Waals surface area contributed by atoms with Crippen LogP contribution in [0.15, 0.2) is 78.9 Å². The Balaban J connectivity index is 1.98. The standard InChI is InChI=1S/C19H15NO2/c20-17-12-6-4-10-15(17)19(21)16-11-5-7-13-18(16)22-14-8-2-1-3-9-14/h1-13H,20H2. The number of carbonyl (C=O) groups excluding carboxylic acids is 1. The predicted octanol–water partition coefficient (Wildman–Crippen LogP) is 4.29. The van der Waals surface area contributed by atoms with Gasteiger partial charge in [0.15, 0.2) is 5.78 Å². The topological polar surface area (TPSA) is 52.3 Å².